The lowest BCUT2D eigenvalue weighted by atomic mass is 10.0. The number of hydrogen-bond donors (Lipinski definition) is 2. The highest BCUT2D eigenvalue weighted by Crippen LogP contribution is 2.31. The van der Waals surface area contributed by atoms with E-state index >= 15 is 0 Å². The topological polar surface area (TPSA) is 100 Å². The molecule has 2 N–H and O–H groups in total. The van der Waals surface area contributed by atoms with Gasteiger partial charge in [-0.05, 0) is 59.2 Å². The van der Waals surface area contributed by atoms with Crippen LogP contribution < -0.4 is 20.3 Å². The lowest BCUT2D eigenvalue weighted by Crippen LogP contribution is -2.49. The third-order valence-electron chi connectivity index (χ3n) is 4.89. The van der Waals surface area contributed by atoms with Crippen LogP contribution in [0, 0.1) is 11.3 Å². The zero-order valence-electron chi connectivity index (χ0n) is 16.8. The van der Waals surface area contributed by atoms with Crippen LogP contribution in [0.1, 0.15) is 11.1 Å². The number of ether oxygens (including phenoxy) is 2. The van der Waals surface area contributed by atoms with Gasteiger partial charge in [-0.2, -0.15) is 5.26 Å². The minimum Gasteiger partial charge on any atom is -0.484 e. The summed E-state index contributed by atoms with van der Waals surface area (Å²) in [6, 6.07) is 21.7. The molecule has 1 aliphatic heterocycles. The summed E-state index contributed by atoms with van der Waals surface area (Å²) in [6.45, 7) is -0.266. The van der Waals surface area contributed by atoms with Crippen molar-refractivity contribution in [1.29, 1.82) is 5.26 Å². The number of halogens is 1. The molecule has 2 amide bonds. The van der Waals surface area contributed by atoms with Crippen LogP contribution >= 0.6 is 11.6 Å². The van der Waals surface area contributed by atoms with E-state index in [2.05, 4.69) is 16.9 Å². The molecule has 0 aliphatic carbocycles. The minimum absolute atomic E-state index is 0.266. The lowest BCUT2D eigenvalue weighted by Gasteiger charge is -2.12. The number of benzene rings is 3. The molecule has 1 aliphatic rings. The van der Waals surface area contributed by atoms with Crippen molar-refractivity contribution in [3.05, 3.63) is 82.9 Å². The van der Waals surface area contributed by atoms with Crippen LogP contribution in [0.3, 0.4) is 0 Å². The fourth-order valence-corrected chi connectivity index (χ4v) is 3.44. The van der Waals surface area contributed by atoms with Crippen molar-refractivity contribution in [3.8, 4) is 28.7 Å². The van der Waals surface area contributed by atoms with Gasteiger partial charge in [0.2, 0.25) is 0 Å². The van der Waals surface area contributed by atoms with Crippen LogP contribution in [0.4, 0.5) is 0 Å². The van der Waals surface area contributed by atoms with Gasteiger partial charge >= 0.3 is 0 Å². The Morgan fingerprint density at radius 1 is 1.03 bits per heavy atom. The molecule has 4 rings (SSSR count). The molecular weight excluding hydrogens is 430 g/mol. The third kappa shape index (κ3) is 4.99. The van der Waals surface area contributed by atoms with E-state index < -0.39 is 17.9 Å². The monoisotopic (exact) mass is 447 g/mol. The summed E-state index contributed by atoms with van der Waals surface area (Å²) in [7, 11) is 0. The standard InChI is InChI=1S/C24H18ClN3O4/c25-19-7-10-21-18(11-19)12-22(32-21)24(30)28-27-23(29)14-31-20-8-5-17(6-9-20)16-3-1-15(13-26)2-4-16/h1-11,22H,12,14H2,(H,27,29)(H,28,30). The predicted octanol–water partition coefficient (Wildman–Crippen LogP) is 3.41. The van der Waals surface area contributed by atoms with Crippen LogP contribution in [0.5, 0.6) is 11.5 Å². The summed E-state index contributed by atoms with van der Waals surface area (Å²) in [5, 5.41) is 9.45. The van der Waals surface area contributed by atoms with E-state index in [-0.39, 0.29) is 6.61 Å². The molecule has 32 heavy (non-hydrogen) atoms. The molecule has 7 nitrogen and oxygen atoms in total. The summed E-state index contributed by atoms with van der Waals surface area (Å²) in [5.74, 6) is 0.148. The number of nitriles is 1. The van der Waals surface area contributed by atoms with E-state index in [0.717, 1.165) is 16.7 Å². The second-order valence-electron chi connectivity index (χ2n) is 7.10. The summed E-state index contributed by atoms with van der Waals surface area (Å²) >= 11 is 5.95. The molecule has 0 radical (unpaired) electrons. The summed E-state index contributed by atoms with van der Waals surface area (Å²) < 4.78 is 11.0. The highest BCUT2D eigenvalue weighted by Gasteiger charge is 2.29. The average Bonchev–Trinajstić information content (AvgIpc) is 3.25. The van der Waals surface area contributed by atoms with Gasteiger partial charge in [0.15, 0.2) is 12.7 Å². The first-order valence-corrected chi connectivity index (χ1v) is 10.2. The second kappa shape index (κ2) is 9.41. The van der Waals surface area contributed by atoms with Gasteiger partial charge in [0.05, 0.1) is 11.6 Å². The van der Waals surface area contributed by atoms with Gasteiger partial charge in [0.1, 0.15) is 11.5 Å². The number of hydrogen-bond acceptors (Lipinski definition) is 5. The Labute approximate surface area is 189 Å². The highest BCUT2D eigenvalue weighted by molar-refractivity contribution is 6.30. The van der Waals surface area contributed by atoms with Gasteiger partial charge in [-0.25, -0.2) is 0 Å². The number of carbonyl (C=O) groups is 2. The number of carbonyl (C=O) groups excluding carboxylic acids is 2. The maximum Gasteiger partial charge on any atom is 0.279 e. The Hall–Kier alpha value is -4.02. The predicted molar refractivity (Wildman–Crippen MR) is 118 cm³/mol. The van der Waals surface area contributed by atoms with E-state index in [1.54, 1.807) is 42.5 Å². The highest BCUT2D eigenvalue weighted by atomic mass is 35.5. The van der Waals surface area contributed by atoms with E-state index in [1.807, 2.05) is 24.3 Å². The van der Waals surface area contributed by atoms with Gasteiger partial charge in [-0.15, -0.1) is 0 Å². The van der Waals surface area contributed by atoms with Gasteiger partial charge in [0, 0.05) is 11.4 Å². The van der Waals surface area contributed by atoms with Gasteiger partial charge in [0.25, 0.3) is 11.8 Å². The first-order valence-electron chi connectivity index (χ1n) is 9.79. The molecule has 160 valence electrons. The summed E-state index contributed by atoms with van der Waals surface area (Å²) in [5.41, 5.74) is 8.04. The van der Waals surface area contributed by atoms with Crippen molar-refractivity contribution in [2.24, 2.45) is 0 Å². The average molecular weight is 448 g/mol. The maximum absolute atomic E-state index is 12.2. The molecule has 1 unspecified atom stereocenters. The molecular formula is C24H18ClN3O4. The SMILES string of the molecule is N#Cc1ccc(-c2ccc(OCC(=O)NNC(=O)C3Cc4cc(Cl)ccc4O3)cc2)cc1. The van der Waals surface area contributed by atoms with Crippen LogP contribution in [0.15, 0.2) is 66.7 Å². The molecule has 3 aromatic carbocycles. The first kappa shape index (κ1) is 21.2. The molecule has 0 bridgehead atoms. The molecule has 1 atom stereocenters. The Kier molecular flexibility index (Phi) is 6.24. The van der Waals surface area contributed by atoms with Crippen LogP contribution in [-0.4, -0.2) is 24.5 Å². The Morgan fingerprint density at radius 3 is 2.41 bits per heavy atom. The number of fused-ring (bicyclic) bond motifs is 1. The summed E-state index contributed by atoms with van der Waals surface area (Å²) in [6.07, 6.45) is -0.362. The Bertz CT molecular complexity index is 1190. The molecule has 0 fully saturated rings. The molecule has 0 spiro atoms. The van der Waals surface area contributed by atoms with E-state index in [4.69, 9.17) is 26.3 Å². The first-order chi connectivity index (χ1) is 15.5. The molecule has 0 saturated carbocycles. The second-order valence-corrected chi connectivity index (χ2v) is 7.54. The normalized spacial score (nSPS) is 13.9. The maximum atomic E-state index is 12.2. The van der Waals surface area contributed by atoms with Crippen molar-refractivity contribution in [1.82, 2.24) is 10.9 Å². The van der Waals surface area contributed by atoms with Crippen molar-refractivity contribution < 1.29 is 19.1 Å². The largest absolute Gasteiger partial charge is 0.484 e. The summed E-state index contributed by atoms with van der Waals surface area (Å²) in [4.78, 5) is 24.3. The van der Waals surface area contributed by atoms with Gasteiger partial charge in [-0.3, -0.25) is 20.4 Å². The van der Waals surface area contributed by atoms with Crippen LogP contribution in [-0.2, 0) is 16.0 Å². The molecule has 0 saturated heterocycles. The van der Waals surface area contributed by atoms with E-state index in [9.17, 15) is 9.59 Å². The molecule has 3 aromatic rings. The molecule has 8 heteroatoms. The smallest absolute Gasteiger partial charge is 0.279 e. The van der Waals surface area contributed by atoms with Gasteiger partial charge < -0.3 is 9.47 Å². The Balaban J connectivity index is 1.23. The lowest BCUT2D eigenvalue weighted by molar-refractivity contribution is -0.133. The van der Waals surface area contributed by atoms with Crippen molar-refractivity contribution in [2.45, 2.75) is 12.5 Å². The molecule has 0 aromatic heterocycles. The number of amides is 2. The minimum atomic E-state index is -0.737. The zero-order valence-corrected chi connectivity index (χ0v) is 17.6. The van der Waals surface area contributed by atoms with E-state index in [1.165, 1.54) is 0 Å². The number of nitrogens with zero attached hydrogens (tertiary/aromatic N) is 1. The van der Waals surface area contributed by atoms with Crippen molar-refractivity contribution in [3.63, 3.8) is 0 Å². The van der Waals surface area contributed by atoms with Crippen molar-refractivity contribution >= 4 is 23.4 Å². The fourth-order valence-electron chi connectivity index (χ4n) is 3.24. The number of nitrogens with one attached hydrogen (secondary N) is 2. The van der Waals surface area contributed by atoms with E-state index in [0.29, 0.717) is 28.5 Å². The van der Waals surface area contributed by atoms with Gasteiger partial charge in [-0.1, -0.05) is 35.9 Å². The van der Waals surface area contributed by atoms with Crippen LogP contribution in [0.2, 0.25) is 5.02 Å². The van der Waals surface area contributed by atoms with Crippen molar-refractivity contribution in [2.75, 3.05) is 6.61 Å². The van der Waals surface area contributed by atoms with Crippen LogP contribution in [0.25, 0.3) is 11.1 Å². The number of hydrazine groups is 1. The quantitative estimate of drug-likeness (QED) is 0.584. The zero-order chi connectivity index (χ0) is 22.5. The number of rotatable bonds is 5. The molecule has 1 heterocycles. The Morgan fingerprint density at radius 2 is 1.72 bits per heavy atom. The fraction of sp³-hybridized carbons (Fsp3) is 0.125. The third-order valence-corrected chi connectivity index (χ3v) is 5.12.